The van der Waals surface area contributed by atoms with Crippen LogP contribution >= 0.6 is 0 Å². The molecule has 0 aliphatic heterocycles. The fraction of sp³-hybridized carbons (Fsp3) is 0.111. The molecule has 1 N–H and O–H groups in total. The fourth-order valence-corrected chi connectivity index (χ4v) is 2.17. The molecule has 0 radical (unpaired) electrons. The van der Waals surface area contributed by atoms with E-state index in [0.717, 1.165) is 11.3 Å². The maximum Gasteiger partial charge on any atom is 0.230 e. The van der Waals surface area contributed by atoms with Crippen molar-refractivity contribution >= 4 is 11.6 Å². The predicted octanol–water partition coefficient (Wildman–Crippen LogP) is 3.83. The quantitative estimate of drug-likeness (QED) is 0.795. The summed E-state index contributed by atoms with van der Waals surface area (Å²) in [4.78, 5) is 16.5. The number of aryl methyl sites for hydroxylation is 1. The lowest BCUT2D eigenvalue weighted by Crippen LogP contribution is -2.15. The van der Waals surface area contributed by atoms with Gasteiger partial charge in [0.05, 0.1) is 12.1 Å². The second-order valence-electron chi connectivity index (χ2n) is 4.98. The van der Waals surface area contributed by atoms with Crippen LogP contribution in [0.25, 0.3) is 11.5 Å². The highest BCUT2D eigenvalue weighted by molar-refractivity contribution is 5.92. The molecule has 1 heterocycles. The summed E-state index contributed by atoms with van der Waals surface area (Å²) in [5, 5.41) is 2.85. The minimum Gasteiger partial charge on any atom is -0.441 e. The van der Waals surface area contributed by atoms with E-state index >= 15 is 0 Å². The van der Waals surface area contributed by atoms with Gasteiger partial charge in [-0.3, -0.25) is 4.79 Å². The van der Waals surface area contributed by atoms with Gasteiger partial charge in [0.15, 0.2) is 0 Å². The summed E-state index contributed by atoms with van der Waals surface area (Å²) < 4.78 is 5.66. The summed E-state index contributed by atoms with van der Waals surface area (Å²) in [6.07, 6.45) is 0.192. The molecule has 1 aromatic heterocycles. The third-order valence-corrected chi connectivity index (χ3v) is 3.30. The van der Waals surface area contributed by atoms with Crippen molar-refractivity contribution in [2.24, 2.45) is 0 Å². The second-order valence-corrected chi connectivity index (χ2v) is 4.98. The molecule has 22 heavy (non-hydrogen) atoms. The molecule has 0 aliphatic rings. The number of rotatable bonds is 4. The number of nitrogens with zero attached hydrogens (tertiary/aromatic N) is 1. The molecule has 4 heteroatoms. The van der Waals surface area contributed by atoms with Crippen molar-refractivity contribution in [1.82, 2.24) is 4.98 Å². The number of aromatic nitrogens is 1. The molecule has 0 bridgehead atoms. The summed E-state index contributed by atoms with van der Waals surface area (Å²) in [5.41, 5.74) is 2.34. The van der Waals surface area contributed by atoms with Gasteiger partial charge in [-0.05, 0) is 31.2 Å². The van der Waals surface area contributed by atoms with Gasteiger partial charge in [-0.25, -0.2) is 4.98 Å². The molecule has 3 rings (SSSR count). The van der Waals surface area contributed by atoms with Gasteiger partial charge in [-0.2, -0.15) is 0 Å². The van der Waals surface area contributed by atoms with Gasteiger partial charge >= 0.3 is 0 Å². The Bertz CT molecular complexity index is 764. The van der Waals surface area contributed by atoms with E-state index in [1.807, 2.05) is 67.6 Å². The Kier molecular flexibility index (Phi) is 4.01. The number of amides is 1. The second kappa shape index (κ2) is 6.26. The molecule has 110 valence electrons. The Hall–Kier alpha value is -2.88. The minimum atomic E-state index is -0.109. The molecule has 0 saturated carbocycles. The Balaban J connectivity index is 1.73. The number of anilines is 1. The summed E-state index contributed by atoms with van der Waals surface area (Å²) in [6, 6.07) is 19.0. The zero-order chi connectivity index (χ0) is 15.4. The van der Waals surface area contributed by atoms with E-state index < -0.39 is 0 Å². The van der Waals surface area contributed by atoms with E-state index in [-0.39, 0.29) is 12.3 Å². The van der Waals surface area contributed by atoms with Crippen molar-refractivity contribution in [3.05, 3.63) is 72.1 Å². The number of carbonyl (C=O) groups excluding carboxylic acids is 1. The first-order chi connectivity index (χ1) is 10.7. The van der Waals surface area contributed by atoms with Crippen LogP contribution in [0.3, 0.4) is 0 Å². The average molecular weight is 292 g/mol. The molecule has 0 aliphatic carbocycles. The van der Waals surface area contributed by atoms with Crippen LogP contribution in [0.5, 0.6) is 0 Å². The smallest absolute Gasteiger partial charge is 0.230 e. The lowest BCUT2D eigenvalue weighted by molar-refractivity contribution is -0.115. The number of para-hydroxylation sites is 1. The Morgan fingerprint density at radius 1 is 1.05 bits per heavy atom. The number of nitrogens with one attached hydrogen (secondary N) is 1. The summed E-state index contributed by atoms with van der Waals surface area (Å²) in [5.74, 6) is 1.10. The Morgan fingerprint density at radius 3 is 2.36 bits per heavy atom. The van der Waals surface area contributed by atoms with Crippen LogP contribution in [0, 0.1) is 6.92 Å². The fourth-order valence-electron chi connectivity index (χ4n) is 2.17. The van der Waals surface area contributed by atoms with Crippen molar-refractivity contribution in [3.63, 3.8) is 0 Å². The van der Waals surface area contributed by atoms with Gasteiger partial charge < -0.3 is 9.73 Å². The molecule has 3 aromatic rings. The first-order valence-corrected chi connectivity index (χ1v) is 7.09. The maximum atomic E-state index is 12.1. The van der Waals surface area contributed by atoms with Gasteiger partial charge in [-0.15, -0.1) is 0 Å². The molecule has 2 aromatic carbocycles. The first kappa shape index (κ1) is 14.1. The van der Waals surface area contributed by atoms with E-state index in [0.29, 0.717) is 17.3 Å². The summed E-state index contributed by atoms with van der Waals surface area (Å²) >= 11 is 0. The van der Waals surface area contributed by atoms with Gasteiger partial charge in [0, 0.05) is 11.3 Å². The lowest BCUT2D eigenvalue weighted by Gasteiger charge is -2.03. The third kappa shape index (κ3) is 3.23. The van der Waals surface area contributed by atoms with Gasteiger partial charge in [0.2, 0.25) is 11.8 Å². The summed E-state index contributed by atoms with van der Waals surface area (Å²) in [6.45, 7) is 1.82. The van der Waals surface area contributed by atoms with Crippen LogP contribution in [0.4, 0.5) is 5.69 Å². The minimum absolute atomic E-state index is 0.109. The highest BCUT2D eigenvalue weighted by Gasteiger charge is 2.14. The lowest BCUT2D eigenvalue weighted by atomic mass is 10.2. The molecular formula is C18H16N2O2. The van der Waals surface area contributed by atoms with E-state index in [9.17, 15) is 4.79 Å². The highest BCUT2D eigenvalue weighted by atomic mass is 16.4. The van der Waals surface area contributed by atoms with Crippen molar-refractivity contribution < 1.29 is 9.21 Å². The van der Waals surface area contributed by atoms with Crippen molar-refractivity contribution in [3.8, 4) is 11.5 Å². The molecule has 0 spiro atoms. The van der Waals surface area contributed by atoms with Gasteiger partial charge in [-0.1, -0.05) is 36.4 Å². The third-order valence-electron chi connectivity index (χ3n) is 3.30. The molecule has 4 nitrogen and oxygen atoms in total. The normalized spacial score (nSPS) is 10.4. The van der Waals surface area contributed by atoms with Crippen LogP contribution in [-0.2, 0) is 11.2 Å². The van der Waals surface area contributed by atoms with Crippen LogP contribution < -0.4 is 5.32 Å². The first-order valence-electron chi connectivity index (χ1n) is 7.09. The highest BCUT2D eigenvalue weighted by Crippen LogP contribution is 2.21. The van der Waals surface area contributed by atoms with E-state index in [1.54, 1.807) is 0 Å². The number of benzene rings is 2. The number of carbonyl (C=O) groups is 1. The van der Waals surface area contributed by atoms with Crippen molar-refractivity contribution in [1.29, 1.82) is 0 Å². The molecule has 0 fully saturated rings. The van der Waals surface area contributed by atoms with E-state index in [1.165, 1.54) is 0 Å². The predicted molar refractivity (Wildman–Crippen MR) is 85.5 cm³/mol. The SMILES string of the molecule is Cc1oc(-c2ccccc2)nc1CC(=O)Nc1ccccc1. The maximum absolute atomic E-state index is 12.1. The topological polar surface area (TPSA) is 55.1 Å². The molecule has 0 saturated heterocycles. The summed E-state index contributed by atoms with van der Waals surface area (Å²) in [7, 11) is 0. The number of oxazole rings is 1. The number of hydrogen-bond acceptors (Lipinski definition) is 3. The van der Waals surface area contributed by atoms with Gasteiger partial charge in [0.25, 0.3) is 0 Å². The molecular weight excluding hydrogens is 276 g/mol. The Labute approximate surface area is 128 Å². The molecule has 1 amide bonds. The van der Waals surface area contributed by atoms with Crippen molar-refractivity contribution in [2.45, 2.75) is 13.3 Å². The zero-order valence-electron chi connectivity index (χ0n) is 12.2. The zero-order valence-corrected chi connectivity index (χ0v) is 12.2. The average Bonchev–Trinajstić information content (AvgIpc) is 2.90. The Morgan fingerprint density at radius 2 is 1.68 bits per heavy atom. The monoisotopic (exact) mass is 292 g/mol. The van der Waals surface area contributed by atoms with E-state index in [4.69, 9.17) is 4.42 Å². The van der Waals surface area contributed by atoms with E-state index in [2.05, 4.69) is 10.3 Å². The van der Waals surface area contributed by atoms with Crippen LogP contribution in [0.15, 0.2) is 65.1 Å². The number of hydrogen-bond donors (Lipinski definition) is 1. The molecule has 0 atom stereocenters. The van der Waals surface area contributed by atoms with Crippen LogP contribution in [0.2, 0.25) is 0 Å². The van der Waals surface area contributed by atoms with Crippen LogP contribution in [0.1, 0.15) is 11.5 Å². The largest absolute Gasteiger partial charge is 0.441 e. The van der Waals surface area contributed by atoms with Crippen LogP contribution in [-0.4, -0.2) is 10.9 Å². The standard InChI is InChI=1S/C18H16N2O2/c1-13-16(12-17(21)19-15-10-6-3-7-11-15)20-18(22-13)14-8-4-2-5-9-14/h2-11H,12H2,1H3,(H,19,21). The van der Waals surface area contributed by atoms with Crippen molar-refractivity contribution in [2.75, 3.05) is 5.32 Å². The molecule has 0 unspecified atom stereocenters. The van der Waals surface area contributed by atoms with Gasteiger partial charge in [0.1, 0.15) is 5.76 Å².